The lowest BCUT2D eigenvalue weighted by Crippen LogP contribution is -2.34. The maximum absolute atomic E-state index is 13.0. The van der Waals surface area contributed by atoms with Crippen LogP contribution in [0.25, 0.3) is 11.0 Å². The Labute approximate surface area is 220 Å². The van der Waals surface area contributed by atoms with Crippen molar-refractivity contribution in [2.45, 2.75) is 58.4 Å². The Morgan fingerprint density at radius 2 is 1.97 bits per heavy atom. The van der Waals surface area contributed by atoms with Crippen molar-refractivity contribution in [1.82, 2.24) is 24.3 Å². The van der Waals surface area contributed by atoms with E-state index in [2.05, 4.69) is 28.6 Å². The molecule has 0 spiro atoms. The van der Waals surface area contributed by atoms with Crippen LogP contribution in [0.2, 0.25) is 0 Å². The predicted octanol–water partition coefficient (Wildman–Crippen LogP) is 4.93. The molecule has 37 heavy (non-hydrogen) atoms. The average Bonchev–Trinajstić information content (AvgIpc) is 3.06. The molecule has 1 atom stereocenters. The molecular formula is C30H39N5O2. The van der Waals surface area contributed by atoms with Gasteiger partial charge < -0.3 is 14.4 Å². The first-order valence-electron chi connectivity index (χ1n) is 13.4. The Kier molecular flexibility index (Phi) is 8.87. The molecule has 0 bridgehead atoms. The van der Waals surface area contributed by atoms with Gasteiger partial charge >= 0.3 is 0 Å². The van der Waals surface area contributed by atoms with E-state index in [1.165, 1.54) is 5.56 Å². The van der Waals surface area contributed by atoms with Crippen LogP contribution in [0.1, 0.15) is 65.6 Å². The fraction of sp³-hybridized carbons (Fsp3) is 0.467. The van der Waals surface area contributed by atoms with E-state index >= 15 is 0 Å². The van der Waals surface area contributed by atoms with Crippen LogP contribution in [-0.4, -0.2) is 69.8 Å². The van der Waals surface area contributed by atoms with Crippen LogP contribution < -0.4 is 0 Å². The van der Waals surface area contributed by atoms with Crippen LogP contribution >= 0.6 is 0 Å². The van der Waals surface area contributed by atoms with Crippen LogP contribution in [0.15, 0.2) is 48.7 Å². The highest BCUT2D eigenvalue weighted by Gasteiger charge is 2.26. The molecule has 0 N–H and O–H groups in total. The van der Waals surface area contributed by atoms with Gasteiger partial charge in [0.05, 0.1) is 17.1 Å². The first-order valence-corrected chi connectivity index (χ1v) is 13.4. The Bertz CT molecular complexity index is 1280. The molecule has 4 rings (SSSR count). The number of benzene rings is 1. The molecule has 1 aromatic carbocycles. The fourth-order valence-corrected chi connectivity index (χ4v) is 5.26. The topological polar surface area (TPSA) is 71.3 Å². The van der Waals surface area contributed by atoms with Crippen molar-refractivity contribution in [2.75, 3.05) is 33.7 Å². The Morgan fingerprint density at radius 1 is 1.14 bits per heavy atom. The molecule has 1 fully saturated rings. The van der Waals surface area contributed by atoms with E-state index in [9.17, 15) is 9.59 Å². The van der Waals surface area contributed by atoms with Crippen molar-refractivity contribution >= 4 is 22.7 Å². The first kappa shape index (κ1) is 26.7. The van der Waals surface area contributed by atoms with Crippen LogP contribution in [0.3, 0.4) is 0 Å². The fourth-order valence-electron chi connectivity index (χ4n) is 5.26. The molecule has 2 aromatic heterocycles. The van der Waals surface area contributed by atoms with E-state index in [0.29, 0.717) is 24.9 Å². The molecule has 3 heterocycles. The lowest BCUT2D eigenvalue weighted by Gasteiger charge is -2.26. The van der Waals surface area contributed by atoms with Crippen molar-refractivity contribution in [3.8, 4) is 0 Å². The molecule has 1 aliphatic rings. The number of aromatic nitrogens is 3. The quantitative estimate of drug-likeness (QED) is 0.307. The van der Waals surface area contributed by atoms with Crippen LogP contribution in [0, 0.1) is 13.8 Å². The number of nitrogens with zero attached hydrogens (tertiary/aromatic N) is 5. The number of amides is 1. The lowest BCUT2D eigenvalue weighted by atomic mass is 10.0. The predicted molar refractivity (Wildman–Crippen MR) is 148 cm³/mol. The number of pyridine rings is 1. The lowest BCUT2D eigenvalue weighted by molar-refractivity contribution is -0.126. The number of imidazole rings is 1. The molecule has 1 unspecified atom stereocenters. The number of aryl methyl sites for hydroxylation is 3. The summed E-state index contributed by atoms with van der Waals surface area (Å²) >= 11 is 0. The van der Waals surface area contributed by atoms with Gasteiger partial charge in [-0.15, -0.1) is 0 Å². The molecule has 1 saturated heterocycles. The van der Waals surface area contributed by atoms with Crippen molar-refractivity contribution in [2.24, 2.45) is 0 Å². The largest absolute Gasteiger partial charge is 0.337 e. The molecule has 7 heteroatoms. The highest BCUT2D eigenvalue weighted by Crippen LogP contribution is 2.30. The van der Waals surface area contributed by atoms with Gasteiger partial charge in [-0.25, -0.2) is 4.98 Å². The maximum Gasteiger partial charge on any atom is 0.246 e. The average molecular weight is 502 g/mol. The maximum atomic E-state index is 13.0. The van der Waals surface area contributed by atoms with Gasteiger partial charge in [0, 0.05) is 56.0 Å². The number of carbonyl (C=O) groups is 2. The van der Waals surface area contributed by atoms with E-state index in [1.807, 2.05) is 55.1 Å². The van der Waals surface area contributed by atoms with Crippen molar-refractivity contribution in [3.05, 3.63) is 71.3 Å². The number of rotatable bonds is 9. The summed E-state index contributed by atoms with van der Waals surface area (Å²) in [6, 6.07) is 10.1. The van der Waals surface area contributed by atoms with Gasteiger partial charge in [-0.05, 0) is 77.4 Å². The van der Waals surface area contributed by atoms with Crippen LogP contribution in [0.5, 0.6) is 0 Å². The zero-order valence-corrected chi connectivity index (χ0v) is 22.6. The van der Waals surface area contributed by atoms with Crippen molar-refractivity contribution < 1.29 is 9.59 Å². The van der Waals surface area contributed by atoms with Gasteiger partial charge in [0.15, 0.2) is 5.78 Å². The second-order valence-corrected chi connectivity index (χ2v) is 10.4. The minimum Gasteiger partial charge on any atom is -0.337 e. The summed E-state index contributed by atoms with van der Waals surface area (Å²) in [4.78, 5) is 39.2. The number of hydrogen-bond acceptors (Lipinski definition) is 5. The zero-order valence-electron chi connectivity index (χ0n) is 22.6. The van der Waals surface area contributed by atoms with Gasteiger partial charge in [-0.2, -0.15) is 0 Å². The second-order valence-electron chi connectivity index (χ2n) is 10.4. The number of Topliss-reactive ketones (excluding diaryl/α,β-unsaturated/α-hetero) is 1. The molecule has 0 aliphatic carbocycles. The van der Waals surface area contributed by atoms with E-state index in [-0.39, 0.29) is 17.7 Å². The standard InChI is InChI=1S/C30H39N5O2/c1-22-11-7-14-26-30(22)35(24-12-5-6-20-34(21-24)29(37)17-10-19-33(3)4)28(32-26)16-8-15-27(36)25-13-9-18-31-23(25)2/h7,9-11,13-14,17-18,24H,5-6,8,12,15-16,19-21H2,1-4H3/b17-10+. The number of ketones is 1. The number of para-hydroxylation sites is 1. The summed E-state index contributed by atoms with van der Waals surface area (Å²) in [6.45, 7) is 6.20. The second kappa shape index (κ2) is 12.3. The third kappa shape index (κ3) is 6.52. The molecule has 3 aromatic rings. The molecule has 1 amide bonds. The minimum atomic E-state index is 0.0777. The Balaban J connectivity index is 1.56. The molecule has 0 radical (unpaired) electrons. The monoisotopic (exact) mass is 501 g/mol. The number of likely N-dealkylation sites (tertiary alicyclic amines) is 1. The summed E-state index contributed by atoms with van der Waals surface area (Å²) in [5.74, 6) is 1.21. The van der Waals surface area contributed by atoms with Gasteiger partial charge in [-0.1, -0.05) is 18.2 Å². The Hall–Kier alpha value is -3.32. The normalized spacial score (nSPS) is 16.6. The SMILES string of the molecule is Cc1ncccc1C(=O)CCCc1nc2cccc(C)c2n1C1CCCCN(C(=O)/C=C/CN(C)C)C1. The highest BCUT2D eigenvalue weighted by molar-refractivity contribution is 5.96. The van der Waals surface area contributed by atoms with Gasteiger partial charge in [0.25, 0.3) is 0 Å². The molecule has 196 valence electrons. The van der Waals surface area contributed by atoms with Crippen molar-refractivity contribution in [3.63, 3.8) is 0 Å². The van der Waals surface area contributed by atoms with Crippen LogP contribution in [0.4, 0.5) is 0 Å². The van der Waals surface area contributed by atoms with E-state index in [4.69, 9.17) is 4.98 Å². The number of carbonyl (C=O) groups excluding carboxylic acids is 2. The molecular weight excluding hydrogens is 462 g/mol. The van der Waals surface area contributed by atoms with Gasteiger partial charge in [0.1, 0.15) is 5.82 Å². The van der Waals surface area contributed by atoms with E-state index < -0.39 is 0 Å². The minimum absolute atomic E-state index is 0.0777. The number of likely N-dealkylation sites (N-methyl/N-ethyl adjacent to an activating group) is 1. The Morgan fingerprint density at radius 3 is 2.76 bits per heavy atom. The van der Waals surface area contributed by atoms with E-state index in [1.54, 1.807) is 12.3 Å². The van der Waals surface area contributed by atoms with Crippen molar-refractivity contribution in [1.29, 1.82) is 0 Å². The smallest absolute Gasteiger partial charge is 0.246 e. The molecule has 7 nitrogen and oxygen atoms in total. The van der Waals surface area contributed by atoms with Crippen LogP contribution in [-0.2, 0) is 11.2 Å². The highest BCUT2D eigenvalue weighted by atomic mass is 16.2. The molecule has 0 saturated carbocycles. The third-order valence-corrected chi connectivity index (χ3v) is 7.15. The summed E-state index contributed by atoms with van der Waals surface area (Å²) in [7, 11) is 3.99. The summed E-state index contributed by atoms with van der Waals surface area (Å²) < 4.78 is 2.37. The zero-order chi connectivity index (χ0) is 26.4. The van der Waals surface area contributed by atoms with Gasteiger partial charge in [0.2, 0.25) is 5.91 Å². The number of fused-ring (bicyclic) bond motifs is 1. The third-order valence-electron chi connectivity index (χ3n) is 7.15. The summed E-state index contributed by atoms with van der Waals surface area (Å²) in [6.07, 6.45) is 10.3. The first-order chi connectivity index (χ1) is 17.8. The molecule has 1 aliphatic heterocycles. The summed E-state index contributed by atoms with van der Waals surface area (Å²) in [5.41, 5.74) is 4.79. The number of hydrogen-bond donors (Lipinski definition) is 0. The van der Waals surface area contributed by atoms with E-state index in [0.717, 1.165) is 61.3 Å². The van der Waals surface area contributed by atoms with Gasteiger partial charge in [-0.3, -0.25) is 14.6 Å². The summed E-state index contributed by atoms with van der Waals surface area (Å²) in [5, 5.41) is 0.